The first-order valence-electron chi connectivity index (χ1n) is 9.23. The summed E-state index contributed by atoms with van der Waals surface area (Å²) in [4.78, 5) is 29.0. The van der Waals surface area contributed by atoms with Crippen molar-refractivity contribution >= 4 is 22.3 Å². The lowest BCUT2D eigenvalue weighted by Crippen LogP contribution is -2.14. The minimum absolute atomic E-state index is 0.0235. The summed E-state index contributed by atoms with van der Waals surface area (Å²) >= 11 is 1.25. The van der Waals surface area contributed by atoms with E-state index in [0.717, 1.165) is 0 Å². The van der Waals surface area contributed by atoms with Crippen LogP contribution in [-0.2, 0) is 11.3 Å². The van der Waals surface area contributed by atoms with Crippen LogP contribution in [0.5, 0.6) is 0 Å². The highest BCUT2D eigenvalue weighted by atomic mass is 32.1. The predicted molar refractivity (Wildman–Crippen MR) is 103 cm³/mol. The van der Waals surface area contributed by atoms with Gasteiger partial charge in [0.1, 0.15) is 6.61 Å². The summed E-state index contributed by atoms with van der Waals surface area (Å²) in [5.74, 6) is 0.224. The highest BCUT2D eigenvalue weighted by molar-refractivity contribution is 7.16. The van der Waals surface area contributed by atoms with Crippen molar-refractivity contribution in [1.82, 2.24) is 14.6 Å². The van der Waals surface area contributed by atoms with E-state index in [9.17, 15) is 9.59 Å². The number of esters is 1. The number of rotatable bonds is 4. The molecule has 7 heteroatoms. The van der Waals surface area contributed by atoms with Crippen molar-refractivity contribution in [2.45, 2.75) is 51.6 Å². The van der Waals surface area contributed by atoms with Crippen LogP contribution in [0.1, 0.15) is 64.6 Å². The Morgan fingerprint density at radius 2 is 1.96 bits per heavy atom. The fourth-order valence-corrected chi connectivity index (χ4v) is 4.41. The Morgan fingerprint density at radius 3 is 2.70 bits per heavy atom. The average Bonchev–Trinajstić information content (AvgIpc) is 3.10. The van der Waals surface area contributed by atoms with Gasteiger partial charge >= 0.3 is 5.97 Å². The van der Waals surface area contributed by atoms with Crippen molar-refractivity contribution in [3.63, 3.8) is 0 Å². The van der Waals surface area contributed by atoms with E-state index in [1.165, 1.54) is 59.6 Å². The van der Waals surface area contributed by atoms with E-state index in [1.54, 1.807) is 6.92 Å². The molecule has 0 aliphatic heterocycles. The number of fused-ring (bicyclic) bond motifs is 1. The van der Waals surface area contributed by atoms with Crippen molar-refractivity contribution in [3.8, 4) is 0 Å². The van der Waals surface area contributed by atoms with Gasteiger partial charge in [-0.3, -0.25) is 4.79 Å². The molecule has 140 valence electrons. The maximum Gasteiger partial charge on any atom is 0.338 e. The zero-order valence-corrected chi connectivity index (χ0v) is 16.0. The van der Waals surface area contributed by atoms with Crippen molar-refractivity contribution in [3.05, 3.63) is 62.5 Å². The van der Waals surface area contributed by atoms with Gasteiger partial charge < -0.3 is 4.74 Å². The summed E-state index contributed by atoms with van der Waals surface area (Å²) in [7, 11) is 0. The molecule has 4 rings (SSSR count). The van der Waals surface area contributed by atoms with E-state index in [-0.39, 0.29) is 18.1 Å². The number of aryl methyl sites for hydroxylation is 1. The first-order valence-corrected chi connectivity index (χ1v) is 10.1. The molecule has 2 heterocycles. The van der Waals surface area contributed by atoms with Gasteiger partial charge in [0.2, 0.25) is 4.96 Å². The van der Waals surface area contributed by atoms with Crippen LogP contribution in [0, 0.1) is 6.92 Å². The Labute approximate surface area is 160 Å². The van der Waals surface area contributed by atoms with Crippen LogP contribution in [0.4, 0.5) is 0 Å². The molecule has 0 bridgehead atoms. The van der Waals surface area contributed by atoms with Gasteiger partial charge in [0.05, 0.1) is 5.56 Å². The second kappa shape index (κ2) is 7.60. The first kappa shape index (κ1) is 17.9. The van der Waals surface area contributed by atoms with Crippen LogP contribution in [0.25, 0.3) is 4.96 Å². The summed E-state index contributed by atoms with van der Waals surface area (Å²) in [5.41, 5.74) is 2.25. The number of hydrogen-bond acceptors (Lipinski definition) is 6. The minimum atomic E-state index is -0.388. The lowest BCUT2D eigenvalue weighted by molar-refractivity contribution is 0.0471. The molecule has 3 aromatic rings. The largest absolute Gasteiger partial charge is 0.455 e. The third-order valence-corrected chi connectivity index (χ3v) is 5.85. The number of carbonyl (C=O) groups excluding carboxylic acids is 1. The minimum Gasteiger partial charge on any atom is -0.455 e. The van der Waals surface area contributed by atoms with Gasteiger partial charge in [-0.15, -0.1) is 0 Å². The van der Waals surface area contributed by atoms with Gasteiger partial charge in [0, 0.05) is 11.8 Å². The third kappa shape index (κ3) is 3.93. The van der Waals surface area contributed by atoms with Gasteiger partial charge in [-0.25, -0.2) is 9.78 Å². The number of hydrogen-bond donors (Lipinski definition) is 0. The van der Waals surface area contributed by atoms with E-state index >= 15 is 0 Å². The molecule has 6 nitrogen and oxygen atoms in total. The molecule has 0 saturated heterocycles. The van der Waals surface area contributed by atoms with Gasteiger partial charge in [0.25, 0.3) is 5.56 Å². The second-order valence-electron chi connectivity index (χ2n) is 6.96. The van der Waals surface area contributed by atoms with Crippen molar-refractivity contribution in [2.24, 2.45) is 0 Å². The fourth-order valence-electron chi connectivity index (χ4n) is 3.56. The Kier molecular flexibility index (Phi) is 5.03. The lowest BCUT2D eigenvalue weighted by Gasteiger charge is -2.21. The average molecular weight is 383 g/mol. The molecular formula is C20H21N3O3S. The SMILES string of the molecule is Cc1cc(=O)n2nc(COC(=O)c3ccc(C4CCCCC4)cc3)sc2n1. The molecule has 0 unspecified atom stereocenters. The summed E-state index contributed by atoms with van der Waals surface area (Å²) < 4.78 is 6.60. The van der Waals surface area contributed by atoms with Gasteiger partial charge in [-0.2, -0.15) is 9.61 Å². The number of benzene rings is 1. The summed E-state index contributed by atoms with van der Waals surface area (Å²) in [5, 5.41) is 4.72. The van der Waals surface area contributed by atoms with E-state index in [0.29, 0.717) is 27.1 Å². The quantitative estimate of drug-likeness (QED) is 0.640. The molecule has 0 amide bonds. The number of ether oxygens (including phenoxy) is 1. The monoisotopic (exact) mass is 383 g/mol. The molecule has 1 saturated carbocycles. The number of carbonyl (C=O) groups is 1. The predicted octanol–water partition coefficient (Wildman–Crippen LogP) is 3.86. The van der Waals surface area contributed by atoms with Crippen LogP contribution < -0.4 is 5.56 Å². The Morgan fingerprint density at radius 1 is 1.22 bits per heavy atom. The molecular weight excluding hydrogens is 362 g/mol. The third-order valence-electron chi connectivity index (χ3n) is 4.96. The summed E-state index contributed by atoms with van der Waals surface area (Å²) in [6.07, 6.45) is 6.36. The molecule has 0 radical (unpaired) electrons. The van der Waals surface area contributed by atoms with E-state index < -0.39 is 0 Å². The second-order valence-corrected chi connectivity index (χ2v) is 8.00. The smallest absolute Gasteiger partial charge is 0.338 e. The lowest BCUT2D eigenvalue weighted by atomic mass is 9.84. The highest BCUT2D eigenvalue weighted by Crippen LogP contribution is 2.32. The van der Waals surface area contributed by atoms with Gasteiger partial charge in [-0.05, 0) is 43.4 Å². The van der Waals surface area contributed by atoms with E-state index in [4.69, 9.17) is 4.74 Å². The topological polar surface area (TPSA) is 73.6 Å². The maximum absolute atomic E-state index is 12.3. The molecule has 27 heavy (non-hydrogen) atoms. The molecule has 0 N–H and O–H groups in total. The zero-order valence-electron chi connectivity index (χ0n) is 15.2. The van der Waals surface area contributed by atoms with E-state index in [1.807, 2.05) is 24.3 Å². The van der Waals surface area contributed by atoms with Crippen molar-refractivity contribution < 1.29 is 9.53 Å². The molecule has 2 aromatic heterocycles. The summed E-state index contributed by atoms with van der Waals surface area (Å²) in [6, 6.07) is 9.17. The van der Waals surface area contributed by atoms with E-state index in [2.05, 4.69) is 10.1 Å². The zero-order chi connectivity index (χ0) is 18.8. The van der Waals surface area contributed by atoms with Crippen LogP contribution in [0.2, 0.25) is 0 Å². The first-order chi connectivity index (χ1) is 13.1. The molecule has 1 aliphatic rings. The molecule has 0 spiro atoms. The van der Waals surface area contributed by atoms with Crippen LogP contribution in [0.15, 0.2) is 35.1 Å². The maximum atomic E-state index is 12.3. The van der Waals surface area contributed by atoms with Crippen molar-refractivity contribution in [1.29, 1.82) is 0 Å². The fraction of sp³-hybridized carbons (Fsp3) is 0.400. The van der Waals surface area contributed by atoms with Crippen LogP contribution >= 0.6 is 11.3 Å². The van der Waals surface area contributed by atoms with Gasteiger partial charge in [0.15, 0.2) is 5.01 Å². The Hall–Kier alpha value is -2.54. The number of nitrogens with zero attached hydrogens (tertiary/aromatic N) is 3. The number of aromatic nitrogens is 3. The van der Waals surface area contributed by atoms with Crippen LogP contribution in [0.3, 0.4) is 0 Å². The highest BCUT2D eigenvalue weighted by Gasteiger charge is 2.16. The Bertz CT molecular complexity index is 1020. The normalized spacial score (nSPS) is 15.1. The molecule has 1 fully saturated rings. The summed E-state index contributed by atoms with van der Waals surface area (Å²) in [6.45, 7) is 1.79. The van der Waals surface area contributed by atoms with Gasteiger partial charge in [-0.1, -0.05) is 42.7 Å². The molecule has 1 aromatic carbocycles. The van der Waals surface area contributed by atoms with Crippen LogP contribution in [-0.4, -0.2) is 20.6 Å². The standard InChI is InChI=1S/C20H21N3O3S/c1-13-11-18(24)23-20(21-13)27-17(22-23)12-26-19(25)16-9-7-15(8-10-16)14-5-3-2-4-6-14/h7-11,14H,2-6,12H2,1H3. The van der Waals surface area contributed by atoms with Crippen molar-refractivity contribution in [2.75, 3.05) is 0 Å². The molecule has 1 aliphatic carbocycles. The molecule has 0 atom stereocenters. The Balaban J connectivity index is 1.42.